The average Bonchev–Trinajstić information content (AvgIpc) is 3.49. The van der Waals surface area contributed by atoms with Crippen LogP contribution in [0.1, 0.15) is 5.76 Å². The molecule has 0 saturated carbocycles. The van der Waals surface area contributed by atoms with Crippen molar-refractivity contribution in [1.29, 1.82) is 0 Å². The molecule has 13 heteroatoms. The van der Waals surface area contributed by atoms with E-state index in [9.17, 15) is 13.2 Å². The maximum Gasteiger partial charge on any atom is 0.252 e. The van der Waals surface area contributed by atoms with Gasteiger partial charge in [0.15, 0.2) is 5.16 Å². The minimum atomic E-state index is -3.57. The van der Waals surface area contributed by atoms with Gasteiger partial charge in [-0.15, -0.1) is 21.5 Å². The Hall–Kier alpha value is -1.86. The number of furan rings is 1. The van der Waals surface area contributed by atoms with Crippen LogP contribution in [0.3, 0.4) is 0 Å². The van der Waals surface area contributed by atoms with Gasteiger partial charge >= 0.3 is 0 Å². The number of amides is 1. The highest BCUT2D eigenvalue weighted by Gasteiger charge is 2.31. The van der Waals surface area contributed by atoms with Crippen molar-refractivity contribution in [2.75, 3.05) is 31.9 Å². The number of sulfonamides is 1. The molecule has 3 aromatic rings. The van der Waals surface area contributed by atoms with E-state index < -0.39 is 10.0 Å². The van der Waals surface area contributed by atoms with Crippen molar-refractivity contribution < 1.29 is 17.6 Å². The Kier molecular flexibility index (Phi) is 6.48. The number of hydrogen-bond acceptors (Lipinski definition) is 8. The second-order valence-electron chi connectivity index (χ2n) is 6.45. The number of halogens is 1. The Balaban J connectivity index is 1.30. The standard InChI is InChI=1S/C17H18ClN5O4S3/c18-14-3-4-16(29-14)30(25,26)23-7-5-21(6-8-23)15(24)11-28-17-20-19-12-22(17)10-13-2-1-9-27-13/h1-4,9,12H,5-8,10-11H2. The summed E-state index contributed by atoms with van der Waals surface area (Å²) in [6, 6.07) is 6.75. The number of aromatic nitrogens is 3. The lowest BCUT2D eigenvalue weighted by Gasteiger charge is -2.33. The number of thioether (sulfide) groups is 1. The molecule has 1 aliphatic rings. The molecular weight excluding hydrogens is 470 g/mol. The molecule has 30 heavy (non-hydrogen) atoms. The second kappa shape index (κ2) is 9.10. The summed E-state index contributed by atoms with van der Waals surface area (Å²) in [5, 5.41) is 8.59. The van der Waals surface area contributed by atoms with Crippen LogP contribution in [0.15, 0.2) is 50.6 Å². The quantitative estimate of drug-likeness (QED) is 0.471. The van der Waals surface area contributed by atoms with Gasteiger partial charge in [0, 0.05) is 26.2 Å². The highest BCUT2D eigenvalue weighted by Crippen LogP contribution is 2.28. The van der Waals surface area contributed by atoms with Gasteiger partial charge in [-0.3, -0.25) is 4.79 Å². The van der Waals surface area contributed by atoms with Gasteiger partial charge in [-0.25, -0.2) is 8.42 Å². The lowest BCUT2D eigenvalue weighted by molar-refractivity contribution is -0.129. The predicted octanol–water partition coefficient (Wildman–Crippen LogP) is 2.26. The third-order valence-electron chi connectivity index (χ3n) is 4.55. The summed E-state index contributed by atoms with van der Waals surface area (Å²) in [7, 11) is -3.57. The van der Waals surface area contributed by atoms with Gasteiger partial charge in [-0.2, -0.15) is 4.31 Å². The molecule has 0 radical (unpaired) electrons. The minimum absolute atomic E-state index is 0.0660. The van der Waals surface area contributed by atoms with Crippen LogP contribution < -0.4 is 0 Å². The van der Waals surface area contributed by atoms with Crippen molar-refractivity contribution >= 4 is 50.6 Å². The first-order valence-corrected chi connectivity index (χ1v) is 12.6. The van der Waals surface area contributed by atoms with E-state index in [1.807, 2.05) is 16.7 Å². The normalized spacial score (nSPS) is 15.6. The number of hydrogen-bond donors (Lipinski definition) is 0. The molecule has 1 saturated heterocycles. The third-order valence-corrected chi connectivity index (χ3v) is 9.11. The summed E-state index contributed by atoms with van der Waals surface area (Å²) in [4.78, 5) is 14.3. The van der Waals surface area contributed by atoms with E-state index in [2.05, 4.69) is 10.2 Å². The van der Waals surface area contributed by atoms with Gasteiger partial charge in [0.25, 0.3) is 10.0 Å². The van der Waals surface area contributed by atoms with Crippen LogP contribution in [0, 0.1) is 0 Å². The number of carbonyl (C=O) groups is 1. The molecule has 0 unspecified atom stereocenters. The molecule has 160 valence electrons. The molecule has 4 heterocycles. The largest absolute Gasteiger partial charge is 0.467 e. The van der Waals surface area contributed by atoms with Crippen LogP contribution in [-0.2, 0) is 21.4 Å². The summed E-state index contributed by atoms with van der Waals surface area (Å²) >= 11 is 8.19. The molecule has 3 aromatic heterocycles. The smallest absolute Gasteiger partial charge is 0.252 e. The molecule has 0 atom stereocenters. The highest BCUT2D eigenvalue weighted by molar-refractivity contribution is 7.99. The van der Waals surface area contributed by atoms with Gasteiger partial charge in [-0.05, 0) is 24.3 Å². The van der Waals surface area contributed by atoms with Crippen molar-refractivity contribution in [2.45, 2.75) is 15.9 Å². The summed E-state index contributed by atoms with van der Waals surface area (Å²) in [6.45, 7) is 1.68. The molecule has 0 N–H and O–H groups in total. The van der Waals surface area contributed by atoms with Gasteiger partial charge in [0.05, 0.1) is 22.9 Å². The van der Waals surface area contributed by atoms with Crippen molar-refractivity contribution in [3.63, 3.8) is 0 Å². The molecule has 9 nitrogen and oxygen atoms in total. The van der Waals surface area contributed by atoms with Crippen molar-refractivity contribution in [3.8, 4) is 0 Å². The monoisotopic (exact) mass is 487 g/mol. The lowest BCUT2D eigenvalue weighted by atomic mass is 10.3. The summed E-state index contributed by atoms with van der Waals surface area (Å²) < 4.78 is 34.5. The van der Waals surface area contributed by atoms with Gasteiger partial charge < -0.3 is 13.9 Å². The maximum absolute atomic E-state index is 12.7. The first kappa shape index (κ1) is 21.4. The van der Waals surface area contributed by atoms with Gasteiger partial charge in [-0.1, -0.05) is 23.4 Å². The van der Waals surface area contributed by atoms with Crippen LogP contribution in [0.25, 0.3) is 0 Å². The van der Waals surface area contributed by atoms with E-state index >= 15 is 0 Å². The molecule has 1 amide bonds. The number of piperazine rings is 1. The number of carbonyl (C=O) groups excluding carboxylic acids is 1. The van der Waals surface area contributed by atoms with E-state index in [1.54, 1.807) is 23.6 Å². The predicted molar refractivity (Wildman–Crippen MR) is 113 cm³/mol. The average molecular weight is 488 g/mol. The van der Waals surface area contributed by atoms with Gasteiger partial charge in [0.1, 0.15) is 16.3 Å². The second-order valence-corrected chi connectivity index (χ2v) is 11.3. The van der Waals surface area contributed by atoms with E-state index in [1.165, 1.54) is 22.1 Å². The zero-order valence-corrected chi connectivity index (χ0v) is 18.9. The molecule has 4 rings (SSSR count). The fourth-order valence-electron chi connectivity index (χ4n) is 2.99. The Morgan fingerprint density at radius 1 is 1.23 bits per heavy atom. The zero-order chi connectivity index (χ0) is 21.1. The summed E-state index contributed by atoms with van der Waals surface area (Å²) in [5.74, 6) is 0.903. The summed E-state index contributed by atoms with van der Waals surface area (Å²) in [5.41, 5.74) is 0. The molecular formula is C17H18ClN5O4S3. The first-order valence-electron chi connectivity index (χ1n) is 9.00. The fourth-order valence-corrected chi connectivity index (χ4v) is 6.87. The van der Waals surface area contributed by atoms with Gasteiger partial charge in [0.2, 0.25) is 5.91 Å². The SMILES string of the molecule is O=C(CSc1nncn1Cc1ccco1)N1CCN(S(=O)(=O)c2ccc(Cl)s2)CC1. The lowest BCUT2D eigenvalue weighted by Crippen LogP contribution is -2.50. The Morgan fingerprint density at radius 2 is 2.03 bits per heavy atom. The number of thiophene rings is 1. The molecule has 0 spiro atoms. The molecule has 1 aliphatic heterocycles. The van der Waals surface area contributed by atoms with Crippen LogP contribution >= 0.6 is 34.7 Å². The summed E-state index contributed by atoms with van der Waals surface area (Å²) in [6.07, 6.45) is 3.19. The Morgan fingerprint density at radius 3 is 2.70 bits per heavy atom. The first-order chi connectivity index (χ1) is 14.4. The van der Waals surface area contributed by atoms with E-state index in [-0.39, 0.29) is 29.0 Å². The zero-order valence-electron chi connectivity index (χ0n) is 15.7. The molecule has 1 fully saturated rings. The minimum Gasteiger partial charge on any atom is -0.467 e. The van der Waals surface area contributed by atoms with Crippen LogP contribution in [0.5, 0.6) is 0 Å². The molecule has 0 bridgehead atoms. The topological polar surface area (TPSA) is 102 Å². The Labute approximate surface area is 186 Å². The van der Waals surface area contributed by atoms with E-state index in [0.29, 0.717) is 29.1 Å². The highest BCUT2D eigenvalue weighted by atomic mass is 35.5. The van der Waals surface area contributed by atoms with E-state index in [0.717, 1.165) is 17.1 Å². The van der Waals surface area contributed by atoms with Crippen LogP contribution in [0.4, 0.5) is 0 Å². The molecule has 0 aliphatic carbocycles. The van der Waals surface area contributed by atoms with Crippen molar-refractivity contribution in [3.05, 3.63) is 47.0 Å². The number of nitrogens with zero attached hydrogens (tertiary/aromatic N) is 5. The maximum atomic E-state index is 12.7. The van der Waals surface area contributed by atoms with Crippen molar-refractivity contribution in [2.24, 2.45) is 0 Å². The fraction of sp³-hybridized carbons (Fsp3) is 0.353. The number of rotatable bonds is 7. The van der Waals surface area contributed by atoms with Crippen molar-refractivity contribution in [1.82, 2.24) is 24.0 Å². The Bertz CT molecular complexity index is 1100. The third kappa shape index (κ3) is 4.72. The van der Waals surface area contributed by atoms with Crippen LogP contribution in [-0.4, -0.2) is 70.2 Å². The van der Waals surface area contributed by atoms with Crippen LogP contribution in [0.2, 0.25) is 4.34 Å². The molecule has 0 aromatic carbocycles. The van der Waals surface area contributed by atoms with E-state index in [4.69, 9.17) is 16.0 Å².